The van der Waals surface area contributed by atoms with Crippen LogP contribution in [0.2, 0.25) is 0 Å². The lowest BCUT2D eigenvalue weighted by Gasteiger charge is -2.30. The summed E-state index contributed by atoms with van der Waals surface area (Å²) in [5.74, 6) is -6.24. The summed E-state index contributed by atoms with van der Waals surface area (Å²) in [6.07, 6.45) is -10.9. The number of aliphatic hydroxyl groups excluding tert-OH is 4. The minimum Gasteiger partial charge on any atom is -0.382 e. The summed E-state index contributed by atoms with van der Waals surface area (Å²) in [5.41, 5.74) is 0. The number of ether oxygens (including phenoxy) is 4. The summed E-state index contributed by atoms with van der Waals surface area (Å²) in [7, 11) is 0. The Bertz CT molecular complexity index is 414. The van der Waals surface area contributed by atoms with Crippen molar-refractivity contribution in [2.24, 2.45) is 0 Å². The first kappa shape index (κ1) is 22.7. The number of esters is 4. The molecule has 0 aromatic rings. The molecule has 0 saturated carbocycles. The fraction of sp³-hybridized carbons (Fsp3) is 0.692. The van der Waals surface area contributed by atoms with Gasteiger partial charge in [-0.15, -0.1) is 0 Å². The summed E-state index contributed by atoms with van der Waals surface area (Å²) in [4.78, 5) is 46.3. The van der Waals surface area contributed by atoms with Crippen molar-refractivity contribution in [2.45, 2.75) is 58.3 Å². The van der Waals surface area contributed by atoms with Crippen molar-refractivity contribution < 1.29 is 58.6 Å². The van der Waals surface area contributed by atoms with Crippen LogP contribution in [0.3, 0.4) is 0 Å². The van der Waals surface area contributed by atoms with Gasteiger partial charge in [0.2, 0.25) is 0 Å². The fourth-order valence-corrected chi connectivity index (χ4v) is 0.959. The van der Waals surface area contributed by atoms with Crippen LogP contribution in [0.15, 0.2) is 0 Å². The van der Waals surface area contributed by atoms with E-state index in [2.05, 4.69) is 18.9 Å². The lowest BCUT2D eigenvalue weighted by atomic mass is 10.4. The molecular weight excluding hydrogens is 348 g/mol. The van der Waals surface area contributed by atoms with Crippen LogP contribution in [0, 0.1) is 0 Å². The largest absolute Gasteiger partial charge is 0.620 e. The third-order valence-electron chi connectivity index (χ3n) is 2.27. The van der Waals surface area contributed by atoms with E-state index >= 15 is 0 Å². The second-order valence-corrected chi connectivity index (χ2v) is 4.89. The zero-order chi connectivity index (χ0) is 19.9. The zero-order valence-corrected chi connectivity index (χ0v) is 13.9. The molecule has 0 aliphatic rings. The number of carbonyl (C=O) groups excluding carboxylic acids is 4. The molecule has 4 N–H and O–H groups in total. The van der Waals surface area contributed by atoms with Gasteiger partial charge in [-0.2, -0.15) is 0 Å². The van der Waals surface area contributed by atoms with E-state index in [4.69, 9.17) is 0 Å². The first-order valence-electron chi connectivity index (χ1n) is 6.95. The SMILES string of the molecule is CC(O)C(=O)OC(OC(=O)C(C)O)(OC(=O)C(C)O)OC(=O)C(C)O. The Morgan fingerprint density at radius 1 is 0.560 bits per heavy atom. The second-order valence-electron chi connectivity index (χ2n) is 4.89. The number of rotatable bonds is 8. The van der Waals surface area contributed by atoms with Crippen molar-refractivity contribution in [1.29, 1.82) is 0 Å². The molecule has 0 bridgehead atoms. The molecule has 4 unspecified atom stereocenters. The molecule has 0 aliphatic heterocycles. The summed E-state index contributed by atoms with van der Waals surface area (Å²) >= 11 is 0. The Morgan fingerprint density at radius 2 is 0.720 bits per heavy atom. The Labute approximate surface area is 141 Å². The summed E-state index contributed by atoms with van der Waals surface area (Å²) in [6, 6.07) is 0. The van der Waals surface area contributed by atoms with Crippen LogP contribution < -0.4 is 0 Å². The average molecular weight is 368 g/mol. The van der Waals surface area contributed by atoms with E-state index < -0.39 is 54.5 Å². The van der Waals surface area contributed by atoms with Gasteiger partial charge in [-0.1, -0.05) is 0 Å². The molecule has 4 atom stereocenters. The lowest BCUT2D eigenvalue weighted by molar-refractivity contribution is -0.436. The van der Waals surface area contributed by atoms with Gasteiger partial charge in [-0.3, -0.25) is 0 Å². The maximum atomic E-state index is 11.6. The maximum Gasteiger partial charge on any atom is 0.620 e. The molecule has 0 fully saturated rings. The highest BCUT2D eigenvalue weighted by atomic mass is 17.0. The molecule has 0 saturated heterocycles. The van der Waals surface area contributed by atoms with E-state index in [9.17, 15) is 39.6 Å². The zero-order valence-electron chi connectivity index (χ0n) is 13.9. The van der Waals surface area contributed by atoms with E-state index in [1.165, 1.54) is 0 Å². The van der Waals surface area contributed by atoms with Crippen LogP contribution in [0.1, 0.15) is 27.7 Å². The van der Waals surface area contributed by atoms with Crippen molar-refractivity contribution in [3.05, 3.63) is 0 Å². The molecule has 0 aromatic carbocycles. The minimum absolute atomic E-state index is 0.927. The summed E-state index contributed by atoms with van der Waals surface area (Å²) < 4.78 is 17.6. The Balaban J connectivity index is 5.89. The van der Waals surface area contributed by atoms with Crippen molar-refractivity contribution in [2.75, 3.05) is 0 Å². The van der Waals surface area contributed by atoms with Gasteiger partial charge in [0, 0.05) is 0 Å². The van der Waals surface area contributed by atoms with Crippen LogP contribution in [-0.2, 0) is 38.1 Å². The Morgan fingerprint density at radius 3 is 0.840 bits per heavy atom. The Hall–Kier alpha value is -2.28. The van der Waals surface area contributed by atoms with Gasteiger partial charge in [0.1, 0.15) is 24.4 Å². The highest BCUT2D eigenvalue weighted by molar-refractivity contribution is 5.79. The minimum atomic E-state index is -3.52. The van der Waals surface area contributed by atoms with E-state index in [-0.39, 0.29) is 0 Å². The molecular formula is C13H20O12. The van der Waals surface area contributed by atoms with Crippen molar-refractivity contribution in [3.63, 3.8) is 0 Å². The molecule has 144 valence electrons. The molecule has 0 aliphatic carbocycles. The van der Waals surface area contributed by atoms with Gasteiger partial charge in [0.05, 0.1) is 0 Å². The molecule has 0 aromatic heterocycles. The van der Waals surface area contributed by atoms with Crippen molar-refractivity contribution >= 4 is 23.9 Å². The van der Waals surface area contributed by atoms with Crippen LogP contribution in [-0.4, -0.2) is 74.9 Å². The second kappa shape index (κ2) is 9.27. The van der Waals surface area contributed by atoms with Crippen molar-refractivity contribution in [1.82, 2.24) is 0 Å². The first-order valence-corrected chi connectivity index (χ1v) is 6.95. The molecule has 25 heavy (non-hydrogen) atoms. The average Bonchev–Trinajstić information content (AvgIpc) is 2.46. The van der Waals surface area contributed by atoms with E-state index in [0.29, 0.717) is 0 Å². The van der Waals surface area contributed by atoms with Crippen molar-refractivity contribution in [3.8, 4) is 0 Å². The molecule has 12 nitrogen and oxygen atoms in total. The molecule has 0 amide bonds. The van der Waals surface area contributed by atoms with Gasteiger partial charge >= 0.3 is 30.0 Å². The van der Waals surface area contributed by atoms with Gasteiger partial charge in [-0.25, -0.2) is 19.2 Å². The summed E-state index contributed by atoms with van der Waals surface area (Å²) in [6.45, 7) is 3.71. The van der Waals surface area contributed by atoms with Gasteiger partial charge in [0.15, 0.2) is 0 Å². The monoisotopic (exact) mass is 368 g/mol. The van der Waals surface area contributed by atoms with E-state index in [1.807, 2.05) is 0 Å². The molecule has 12 heteroatoms. The Kier molecular flexibility index (Phi) is 8.42. The number of hydrogen-bond donors (Lipinski definition) is 4. The lowest BCUT2D eigenvalue weighted by Crippen LogP contribution is -2.52. The molecule has 0 rings (SSSR count). The smallest absolute Gasteiger partial charge is 0.382 e. The predicted octanol–water partition coefficient (Wildman–Crippen LogP) is -2.71. The number of aliphatic hydroxyl groups is 4. The molecule has 0 heterocycles. The molecule has 0 spiro atoms. The van der Waals surface area contributed by atoms with Crippen LogP contribution >= 0.6 is 0 Å². The predicted molar refractivity (Wildman–Crippen MR) is 73.8 cm³/mol. The van der Waals surface area contributed by atoms with Crippen LogP contribution in [0.4, 0.5) is 0 Å². The maximum absolute atomic E-state index is 11.6. The highest BCUT2D eigenvalue weighted by Gasteiger charge is 2.52. The normalized spacial score (nSPS) is 17.9. The van der Waals surface area contributed by atoms with E-state index in [0.717, 1.165) is 27.7 Å². The standard InChI is InChI=1S/C13H20O12/c1-5(14)9(18)22-13(23-10(19)6(2)15,24-11(20)7(3)16)25-12(21)8(4)17/h5-8,14-17H,1-4H3. The quantitative estimate of drug-likeness (QED) is 0.257. The topological polar surface area (TPSA) is 186 Å². The third kappa shape index (κ3) is 7.43. The third-order valence-corrected chi connectivity index (χ3v) is 2.27. The van der Waals surface area contributed by atoms with Crippen LogP contribution in [0.25, 0.3) is 0 Å². The number of carbonyl (C=O) groups is 4. The first-order chi connectivity index (χ1) is 11.3. The fourth-order valence-electron chi connectivity index (χ4n) is 0.959. The van der Waals surface area contributed by atoms with Gasteiger partial charge in [-0.05, 0) is 27.7 Å². The van der Waals surface area contributed by atoms with Gasteiger partial charge in [0.25, 0.3) is 0 Å². The van der Waals surface area contributed by atoms with Gasteiger partial charge < -0.3 is 39.4 Å². The van der Waals surface area contributed by atoms with E-state index in [1.54, 1.807) is 0 Å². The van der Waals surface area contributed by atoms with Crippen LogP contribution in [0.5, 0.6) is 0 Å². The number of hydrogen-bond acceptors (Lipinski definition) is 12. The highest BCUT2D eigenvalue weighted by Crippen LogP contribution is 2.22. The molecule has 0 radical (unpaired) electrons. The summed E-state index contributed by atoms with van der Waals surface area (Å²) in [5, 5.41) is 36.7.